The van der Waals surface area contributed by atoms with Crippen molar-refractivity contribution < 1.29 is 22.7 Å². The van der Waals surface area contributed by atoms with Crippen LogP contribution in [0, 0.1) is 5.92 Å². The van der Waals surface area contributed by atoms with Crippen molar-refractivity contribution in [1.29, 1.82) is 0 Å². The number of halogens is 3. The Morgan fingerprint density at radius 2 is 1.88 bits per heavy atom. The molecule has 184 valence electrons. The fourth-order valence-electron chi connectivity index (χ4n) is 3.16. The average Bonchev–Trinajstić information content (AvgIpc) is 3.69. The molecule has 0 spiro atoms. The number of nitrogens with two attached hydrogens (primary N) is 1. The lowest BCUT2D eigenvalue weighted by atomic mass is 10.1. The van der Waals surface area contributed by atoms with Gasteiger partial charge in [0.05, 0.1) is 23.6 Å². The molecule has 1 atom stereocenters. The van der Waals surface area contributed by atoms with Crippen molar-refractivity contribution in [3.05, 3.63) is 29.6 Å². The number of urea groups is 1. The van der Waals surface area contributed by atoms with Crippen LogP contribution >= 0.6 is 0 Å². The number of amides is 2. The van der Waals surface area contributed by atoms with Gasteiger partial charge in [-0.05, 0) is 50.3 Å². The smallest absolute Gasteiger partial charge is 0.369 e. The van der Waals surface area contributed by atoms with Gasteiger partial charge in [-0.1, -0.05) is 25.3 Å². The van der Waals surface area contributed by atoms with Gasteiger partial charge in [0.25, 0.3) is 0 Å². The fourth-order valence-corrected chi connectivity index (χ4v) is 3.16. The molecule has 5 rings (SSSR count). The molecule has 1 unspecified atom stereocenters. The molecule has 0 bridgehead atoms. The minimum Gasteiger partial charge on any atom is -0.369 e. The molecule has 2 aliphatic carbocycles. The molecule has 1 aromatic heterocycles. The zero-order chi connectivity index (χ0) is 24.2. The van der Waals surface area contributed by atoms with Gasteiger partial charge >= 0.3 is 12.2 Å². The maximum Gasteiger partial charge on any atom is 0.416 e. The Hall–Kier alpha value is -2.33. The van der Waals surface area contributed by atoms with Gasteiger partial charge in [-0.2, -0.15) is 13.2 Å². The molecule has 1 aromatic carbocycles. The van der Waals surface area contributed by atoms with E-state index in [2.05, 4.69) is 26.1 Å². The van der Waals surface area contributed by atoms with Crippen molar-refractivity contribution in [2.45, 2.75) is 76.9 Å². The summed E-state index contributed by atoms with van der Waals surface area (Å²) in [7, 11) is 1.04. The van der Waals surface area contributed by atoms with Gasteiger partial charge in [0, 0.05) is 20.2 Å². The Labute approximate surface area is 192 Å². The van der Waals surface area contributed by atoms with Gasteiger partial charge in [-0.15, -0.1) is 0 Å². The van der Waals surface area contributed by atoms with E-state index in [9.17, 15) is 18.0 Å². The largest absolute Gasteiger partial charge is 0.416 e. The monoisotopic (exact) mass is 469 g/mol. The first-order valence-electron chi connectivity index (χ1n) is 11.4. The van der Waals surface area contributed by atoms with Crippen LogP contribution in [0.25, 0.3) is 11.0 Å². The summed E-state index contributed by atoms with van der Waals surface area (Å²) in [4.78, 5) is 21.5. The minimum absolute atomic E-state index is 0.0549. The number of nitrogens with one attached hydrogen (secondary N) is 2. The van der Waals surface area contributed by atoms with Crippen LogP contribution in [0.2, 0.25) is 0 Å². The van der Waals surface area contributed by atoms with Crippen molar-refractivity contribution in [3.8, 4) is 0 Å². The highest BCUT2D eigenvalue weighted by atomic mass is 19.4. The zero-order valence-corrected chi connectivity index (χ0v) is 19.5. The summed E-state index contributed by atoms with van der Waals surface area (Å²) in [6, 6.07) is 6.46. The third-order valence-electron chi connectivity index (χ3n) is 5.91. The Morgan fingerprint density at radius 1 is 1.21 bits per heavy atom. The number of imidazole rings is 1. The van der Waals surface area contributed by atoms with E-state index in [-0.39, 0.29) is 6.03 Å². The maximum atomic E-state index is 12.0. The number of benzene rings is 1. The maximum absolute atomic E-state index is 12.0. The second-order valence-corrected chi connectivity index (χ2v) is 9.29. The summed E-state index contributed by atoms with van der Waals surface area (Å²) in [6.45, 7) is 3.82. The number of nitrogens with zero attached hydrogens (tertiary/aromatic N) is 2. The van der Waals surface area contributed by atoms with E-state index < -0.39 is 11.8 Å². The number of methoxy groups -OCH3 is 1. The van der Waals surface area contributed by atoms with Gasteiger partial charge in [0.1, 0.15) is 5.82 Å². The van der Waals surface area contributed by atoms with E-state index in [4.69, 9.17) is 5.73 Å². The third-order valence-corrected chi connectivity index (χ3v) is 5.91. The molecule has 7 nitrogen and oxygen atoms in total. The van der Waals surface area contributed by atoms with E-state index >= 15 is 0 Å². The summed E-state index contributed by atoms with van der Waals surface area (Å²) in [6.07, 6.45) is 2.73. The highest BCUT2D eigenvalue weighted by Crippen LogP contribution is 2.35. The molecule has 2 heterocycles. The molecule has 2 amide bonds. The van der Waals surface area contributed by atoms with Gasteiger partial charge in [-0.3, -0.25) is 0 Å². The van der Waals surface area contributed by atoms with Gasteiger partial charge < -0.3 is 25.7 Å². The molecule has 2 saturated carbocycles. The predicted octanol–water partition coefficient (Wildman–Crippen LogP) is 4.47. The van der Waals surface area contributed by atoms with Crippen LogP contribution in [0.3, 0.4) is 0 Å². The SMILES string of the molecule is C1CC1.COC(C)(C)C(F)(F)F.NCc1nc2ccc(CN3CC(C4CC4)NC3=O)cc2[nH]1. The number of hydrogen-bond donors (Lipinski definition) is 3. The first-order valence-corrected chi connectivity index (χ1v) is 11.4. The Bertz CT molecular complexity index is 935. The summed E-state index contributed by atoms with van der Waals surface area (Å²) >= 11 is 0. The third kappa shape index (κ3) is 7.07. The topological polar surface area (TPSA) is 96.3 Å². The van der Waals surface area contributed by atoms with Crippen LogP contribution in [0.15, 0.2) is 18.2 Å². The second-order valence-electron chi connectivity index (χ2n) is 9.29. The lowest BCUT2D eigenvalue weighted by Gasteiger charge is -2.25. The molecule has 3 fully saturated rings. The quantitative estimate of drug-likeness (QED) is 0.602. The van der Waals surface area contributed by atoms with Crippen molar-refractivity contribution in [2.24, 2.45) is 11.7 Å². The predicted molar refractivity (Wildman–Crippen MR) is 120 cm³/mol. The number of hydrogen-bond acceptors (Lipinski definition) is 4. The first kappa shape index (κ1) is 25.3. The number of aromatic amines is 1. The van der Waals surface area contributed by atoms with Gasteiger partial charge in [-0.25, -0.2) is 9.78 Å². The molecular weight excluding hydrogens is 435 g/mol. The standard InChI is InChI=1S/C15H19N5O.C5H9F3O.C3H6/c16-6-14-17-11-4-1-9(5-12(11)18-14)7-20-8-13(10-2-3-10)19-15(20)21;1-4(2,9-3)5(6,7)8;1-2-3-1/h1,4-5,10,13H,2-3,6-8,16H2,(H,17,18)(H,19,21);1-3H3;1-3H2. The van der Waals surface area contributed by atoms with Crippen LogP contribution in [0.5, 0.6) is 0 Å². The minimum atomic E-state index is -4.28. The highest BCUT2D eigenvalue weighted by Gasteiger charge is 2.47. The van der Waals surface area contributed by atoms with Gasteiger partial charge in [0.2, 0.25) is 0 Å². The molecule has 33 heavy (non-hydrogen) atoms. The second kappa shape index (κ2) is 10.3. The summed E-state index contributed by atoms with van der Waals surface area (Å²) < 4.78 is 39.3. The Kier molecular flexibility index (Phi) is 7.89. The number of aromatic nitrogens is 2. The lowest BCUT2D eigenvalue weighted by molar-refractivity contribution is -0.255. The average molecular weight is 470 g/mol. The van der Waals surface area contributed by atoms with E-state index in [1.807, 2.05) is 17.0 Å². The van der Waals surface area contributed by atoms with Crippen molar-refractivity contribution in [1.82, 2.24) is 20.2 Å². The molecule has 1 saturated heterocycles. The molecular formula is C23H34F3N5O2. The van der Waals surface area contributed by atoms with Crippen LogP contribution < -0.4 is 11.1 Å². The molecule has 4 N–H and O–H groups in total. The van der Waals surface area contributed by atoms with E-state index in [1.54, 1.807) is 0 Å². The number of ether oxygens (including phenoxy) is 1. The number of H-pyrrole nitrogens is 1. The summed E-state index contributed by atoms with van der Waals surface area (Å²) in [5, 5.41) is 3.09. The number of fused-ring (bicyclic) bond motifs is 1. The highest BCUT2D eigenvalue weighted by molar-refractivity contribution is 5.78. The number of carbonyl (C=O) groups excluding carboxylic acids is 1. The van der Waals surface area contributed by atoms with E-state index in [1.165, 1.54) is 32.1 Å². The van der Waals surface area contributed by atoms with Crippen LogP contribution in [-0.4, -0.2) is 52.4 Å². The molecule has 0 radical (unpaired) electrons. The number of rotatable bonds is 5. The molecule has 10 heteroatoms. The van der Waals surface area contributed by atoms with E-state index in [0.717, 1.165) is 49.9 Å². The lowest BCUT2D eigenvalue weighted by Crippen LogP contribution is -2.40. The number of alkyl halides is 3. The molecule has 2 aromatic rings. The number of carbonyl (C=O) groups is 1. The Balaban J connectivity index is 0.000000213. The molecule has 3 aliphatic rings. The van der Waals surface area contributed by atoms with Crippen LogP contribution in [0.1, 0.15) is 57.3 Å². The van der Waals surface area contributed by atoms with Crippen molar-refractivity contribution >= 4 is 17.1 Å². The zero-order valence-electron chi connectivity index (χ0n) is 19.5. The molecule has 1 aliphatic heterocycles. The summed E-state index contributed by atoms with van der Waals surface area (Å²) in [5.74, 6) is 1.48. The van der Waals surface area contributed by atoms with Crippen molar-refractivity contribution in [3.63, 3.8) is 0 Å². The first-order chi connectivity index (χ1) is 15.5. The van der Waals surface area contributed by atoms with E-state index in [0.29, 0.717) is 25.0 Å². The van der Waals surface area contributed by atoms with Crippen molar-refractivity contribution in [2.75, 3.05) is 13.7 Å². The fraction of sp³-hybridized carbons (Fsp3) is 0.652. The normalized spacial score (nSPS) is 20.0. The van der Waals surface area contributed by atoms with Gasteiger partial charge in [0.15, 0.2) is 5.60 Å². The van der Waals surface area contributed by atoms with Crippen LogP contribution in [-0.2, 0) is 17.8 Å². The summed E-state index contributed by atoms with van der Waals surface area (Å²) in [5.41, 5.74) is 6.58. The van der Waals surface area contributed by atoms with Crippen LogP contribution in [0.4, 0.5) is 18.0 Å². The Morgan fingerprint density at radius 3 is 2.36 bits per heavy atom.